The van der Waals surface area contributed by atoms with Gasteiger partial charge in [0.1, 0.15) is 5.82 Å². The SMILES string of the molecule is CCCCCCC.Cc1nccn1C. The minimum atomic E-state index is 1.06. The van der Waals surface area contributed by atoms with Gasteiger partial charge in [0, 0.05) is 19.4 Å². The topological polar surface area (TPSA) is 17.8 Å². The summed E-state index contributed by atoms with van der Waals surface area (Å²) in [5.41, 5.74) is 0. The molecule has 0 atom stereocenters. The molecule has 0 saturated heterocycles. The van der Waals surface area contributed by atoms with Crippen LogP contribution in [-0.2, 0) is 7.05 Å². The average Bonchev–Trinajstić information content (AvgIpc) is 2.53. The Kier molecular flexibility index (Phi) is 8.30. The third kappa shape index (κ3) is 6.70. The lowest BCUT2D eigenvalue weighted by Gasteiger charge is -1.90. The highest BCUT2D eigenvalue weighted by molar-refractivity contribution is 4.85. The summed E-state index contributed by atoms with van der Waals surface area (Å²) in [4.78, 5) is 3.98. The third-order valence-corrected chi connectivity index (χ3v) is 2.27. The van der Waals surface area contributed by atoms with Crippen LogP contribution in [0.1, 0.15) is 51.8 Å². The average molecular weight is 196 g/mol. The lowest BCUT2D eigenvalue weighted by atomic mass is 10.2. The second-order valence-electron chi connectivity index (χ2n) is 3.65. The van der Waals surface area contributed by atoms with Crippen molar-refractivity contribution in [1.82, 2.24) is 9.55 Å². The number of aryl methyl sites for hydroxylation is 2. The van der Waals surface area contributed by atoms with Crippen molar-refractivity contribution in [2.75, 3.05) is 0 Å². The van der Waals surface area contributed by atoms with Crippen molar-refractivity contribution in [3.63, 3.8) is 0 Å². The largest absolute Gasteiger partial charge is 0.338 e. The van der Waals surface area contributed by atoms with Gasteiger partial charge < -0.3 is 4.57 Å². The second-order valence-corrected chi connectivity index (χ2v) is 3.65. The van der Waals surface area contributed by atoms with E-state index in [1.165, 1.54) is 32.1 Å². The number of nitrogens with zero attached hydrogens (tertiary/aromatic N) is 2. The van der Waals surface area contributed by atoms with Crippen LogP contribution < -0.4 is 0 Å². The lowest BCUT2D eigenvalue weighted by molar-refractivity contribution is 0.656. The van der Waals surface area contributed by atoms with E-state index in [-0.39, 0.29) is 0 Å². The standard InChI is InChI=1S/C7H16.C5H8N2/c1-3-5-7-6-4-2;1-5-6-3-4-7(5)2/h3-7H2,1-2H3;3-4H,1-2H3. The van der Waals surface area contributed by atoms with Crippen LogP contribution in [-0.4, -0.2) is 9.55 Å². The Hall–Kier alpha value is -0.790. The predicted molar refractivity (Wildman–Crippen MR) is 62.4 cm³/mol. The Morgan fingerprint density at radius 3 is 1.93 bits per heavy atom. The molecule has 0 aliphatic rings. The molecule has 82 valence electrons. The van der Waals surface area contributed by atoms with Crippen molar-refractivity contribution in [2.45, 2.75) is 52.9 Å². The molecule has 2 nitrogen and oxygen atoms in total. The molecule has 0 aliphatic heterocycles. The normalized spacial score (nSPS) is 9.43. The molecule has 1 rings (SSSR count). The molecule has 0 unspecified atom stereocenters. The van der Waals surface area contributed by atoms with Gasteiger partial charge in [-0.3, -0.25) is 0 Å². The van der Waals surface area contributed by atoms with Gasteiger partial charge in [0.15, 0.2) is 0 Å². The van der Waals surface area contributed by atoms with Gasteiger partial charge in [-0.2, -0.15) is 0 Å². The maximum absolute atomic E-state index is 3.98. The van der Waals surface area contributed by atoms with Crippen molar-refractivity contribution < 1.29 is 0 Å². The molecule has 0 bridgehead atoms. The summed E-state index contributed by atoms with van der Waals surface area (Å²) in [6.07, 6.45) is 10.7. The monoisotopic (exact) mass is 196 g/mol. The summed E-state index contributed by atoms with van der Waals surface area (Å²) >= 11 is 0. The molecule has 0 N–H and O–H groups in total. The number of hydrogen-bond acceptors (Lipinski definition) is 1. The summed E-state index contributed by atoms with van der Waals surface area (Å²) in [5.74, 6) is 1.06. The van der Waals surface area contributed by atoms with Gasteiger partial charge in [-0.05, 0) is 6.92 Å². The zero-order valence-electron chi connectivity index (χ0n) is 10.1. The number of hydrogen-bond donors (Lipinski definition) is 0. The number of imidazole rings is 1. The highest BCUT2D eigenvalue weighted by atomic mass is 15.0. The van der Waals surface area contributed by atoms with E-state index in [2.05, 4.69) is 18.8 Å². The van der Waals surface area contributed by atoms with Gasteiger partial charge >= 0.3 is 0 Å². The highest BCUT2D eigenvalue weighted by Gasteiger charge is 1.83. The van der Waals surface area contributed by atoms with Crippen LogP contribution in [0.2, 0.25) is 0 Å². The summed E-state index contributed by atoms with van der Waals surface area (Å²) in [6.45, 7) is 6.46. The van der Waals surface area contributed by atoms with Crippen molar-refractivity contribution in [1.29, 1.82) is 0 Å². The van der Waals surface area contributed by atoms with Gasteiger partial charge in [0.05, 0.1) is 0 Å². The minimum absolute atomic E-state index is 1.06. The molecule has 0 spiro atoms. The highest BCUT2D eigenvalue weighted by Crippen LogP contribution is 2.00. The molecule has 1 aromatic heterocycles. The Morgan fingerprint density at radius 1 is 1.14 bits per heavy atom. The Morgan fingerprint density at radius 2 is 1.71 bits per heavy atom. The summed E-state index contributed by atoms with van der Waals surface area (Å²) < 4.78 is 1.97. The van der Waals surface area contributed by atoms with Gasteiger partial charge in [0.25, 0.3) is 0 Å². The van der Waals surface area contributed by atoms with Crippen LogP contribution in [0.3, 0.4) is 0 Å². The number of aromatic nitrogens is 2. The van der Waals surface area contributed by atoms with Crippen LogP contribution in [0.15, 0.2) is 12.4 Å². The fourth-order valence-electron chi connectivity index (χ4n) is 1.12. The van der Waals surface area contributed by atoms with E-state index in [1.807, 2.05) is 24.7 Å². The molecule has 1 aromatic rings. The van der Waals surface area contributed by atoms with E-state index in [1.54, 1.807) is 6.20 Å². The molecule has 0 aromatic carbocycles. The molecular weight excluding hydrogens is 172 g/mol. The first-order valence-corrected chi connectivity index (χ1v) is 5.66. The zero-order valence-corrected chi connectivity index (χ0v) is 10.1. The Balaban J connectivity index is 0.000000241. The van der Waals surface area contributed by atoms with E-state index in [9.17, 15) is 0 Å². The first-order chi connectivity index (χ1) is 6.72. The van der Waals surface area contributed by atoms with E-state index in [0.717, 1.165) is 5.82 Å². The maximum Gasteiger partial charge on any atom is 0.105 e. The summed E-state index contributed by atoms with van der Waals surface area (Å²) in [6, 6.07) is 0. The fourth-order valence-corrected chi connectivity index (χ4v) is 1.12. The molecule has 0 amide bonds. The molecule has 0 fully saturated rings. The van der Waals surface area contributed by atoms with E-state index < -0.39 is 0 Å². The fraction of sp³-hybridized carbons (Fsp3) is 0.750. The van der Waals surface area contributed by atoms with Crippen LogP contribution in [0.25, 0.3) is 0 Å². The predicted octanol–water partition coefficient (Wildman–Crippen LogP) is 3.71. The molecule has 0 radical (unpaired) electrons. The molecule has 2 heteroatoms. The van der Waals surface area contributed by atoms with Crippen molar-refractivity contribution in [3.05, 3.63) is 18.2 Å². The smallest absolute Gasteiger partial charge is 0.105 e. The van der Waals surface area contributed by atoms with E-state index in [4.69, 9.17) is 0 Å². The maximum atomic E-state index is 3.98. The van der Waals surface area contributed by atoms with Crippen LogP contribution in [0.5, 0.6) is 0 Å². The first kappa shape index (κ1) is 13.2. The van der Waals surface area contributed by atoms with Gasteiger partial charge in [0.2, 0.25) is 0 Å². The van der Waals surface area contributed by atoms with Crippen molar-refractivity contribution >= 4 is 0 Å². The van der Waals surface area contributed by atoms with Gasteiger partial charge in [-0.15, -0.1) is 0 Å². The summed E-state index contributed by atoms with van der Waals surface area (Å²) in [7, 11) is 1.97. The number of unbranched alkanes of at least 4 members (excludes halogenated alkanes) is 4. The zero-order chi connectivity index (χ0) is 10.8. The van der Waals surface area contributed by atoms with Gasteiger partial charge in [-0.1, -0.05) is 46.0 Å². The summed E-state index contributed by atoms with van der Waals surface area (Å²) in [5, 5.41) is 0. The van der Waals surface area contributed by atoms with E-state index >= 15 is 0 Å². The third-order valence-electron chi connectivity index (χ3n) is 2.27. The first-order valence-electron chi connectivity index (χ1n) is 5.66. The molecule has 1 heterocycles. The molecule has 0 aliphatic carbocycles. The van der Waals surface area contributed by atoms with E-state index in [0.29, 0.717) is 0 Å². The van der Waals surface area contributed by atoms with Crippen LogP contribution in [0.4, 0.5) is 0 Å². The lowest BCUT2D eigenvalue weighted by Crippen LogP contribution is -1.86. The molecule has 14 heavy (non-hydrogen) atoms. The van der Waals surface area contributed by atoms with Crippen LogP contribution >= 0.6 is 0 Å². The second kappa shape index (κ2) is 8.79. The van der Waals surface area contributed by atoms with Gasteiger partial charge in [-0.25, -0.2) is 4.98 Å². The van der Waals surface area contributed by atoms with Crippen LogP contribution in [0, 0.1) is 6.92 Å². The Labute approximate surface area is 88.4 Å². The van der Waals surface area contributed by atoms with Crippen molar-refractivity contribution in [3.8, 4) is 0 Å². The van der Waals surface area contributed by atoms with Crippen molar-refractivity contribution in [2.24, 2.45) is 7.05 Å². The molecular formula is C12H24N2. The minimum Gasteiger partial charge on any atom is -0.338 e. The Bertz CT molecular complexity index is 195. The molecule has 0 saturated carbocycles. The quantitative estimate of drug-likeness (QED) is 0.671. The number of rotatable bonds is 4.